The third-order valence-electron chi connectivity index (χ3n) is 2.84. The Morgan fingerprint density at radius 1 is 1.60 bits per heavy atom. The maximum absolute atomic E-state index is 11.6. The van der Waals surface area contributed by atoms with Gasteiger partial charge in [-0.05, 0) is 11.8 Å². The summed E-state index contributed by atoms with van der Waals surface area (Å²) in [4.78, 5) is 24.2. The van der Waals surface area contributed by atoms with Crippen LogP contribution in [-0.4, -0.2) is 30.4 Å². The molecule has 0 bridgehead atoms. The molecule has 1 heterocycles. The van der Waals surface area contributed by atoms with E-state index < -0.39 is 5.97 Å². The number of rotatable bonds is 3. The van der Waals surface area contributed by atoms with Gasteiger partial charge in [0.2, 0.25) is 5.91 Å². The zero-order valence-electron chi connectivity index (χ0n) is 9.45. The number of carbonyl (C=O) groups excluding carboxylic acids is 2. The molecule has 0 aromatic carbocycles. The van der Waals surface area contributed by atoms with Crippen molar-refractivity contribution < 1.29 is 14.3 Å². The molecule has 1 saturated heterocycles. The van der Waals surface area contributed by atoms with E-state index in [0.29, 0.717) is 24.8 Å². The van der Waals surface area contributed by atoms with Crippen molar-refractivity contribution in [1.29, 1.82) is 0 Å². The Morgan fingerprint density at radius 3 is 2.60 bits per heavy atom. The first kappa shape index (κ1) is 11.8. The molecular weight excluding hydrogens is 194 g/mol. The second-order valence-electron chi connectivity index (χ2n) is 4.15. The summed E-state index contributed by atoms with van der Waals surface area (Å²) in [5.74, 6) is 0.167. The number of nitrogens with zero attached hydrogens (tertiary/aromatic N) is 1. The first-order chi connectivity index (χ1) is 6.97. The molecule has 1 rings (SSSR count). The number of hydrogen-bond acceptors (Lipinski definition) is 3. The third kappa shape index (κ3) is 2.37. The van der Waals surface area contributed by atoms with Crippen LogP contribution in [0.25, 0.3) is 0 Å². The minimum Gasteiger partial charge on any atom is -0.464 e. The molecule has 84 valence electrons. The Kier molecular flexibility index (Phi) is 3.50. The summed E-state index contributed by atoms with van der Waals surface area (Å²) in [6, 6.07) is 0. The molecule has 4 nitrogen and oxygen atoms in total. The van der Waals surface area contributed by atoms with Crippen LogP contribution in [0, 0.1) is 11.8 Å². The van der Waals surface area contributed by atoms with Gasteiger partial charge in [0, 0.05) is 13.0 Å². The van der Waals surface area contributed by atoms with Crippen molar-refractivity contribution in [3.05, 3.63) is 12.3 Å². The number of hydrogen-bond donors (Lipinski definition) is 0. The van der Waals surface area contributed by atoms with Gasteiger partial charge in [-0.25, -0.2) is 4.79 Å². The van der Waals surface area contributed by atoms with Crippen LogP contribution < -0.4 is 0 Å². The predicted octanol–water partition coefficient (Wildman–Crippen LogP) is 1.18. The van der Waals surface area contributed by atoms with E-state index in [1.54, 1.807) is 0 Å². The van der Waals surface area contributed by atoms with Crippen LogP contribution in [0.3, 0.4) is 0 Å². The number of ether oxygens (including phenoxy) is 1. The molecule has 0 radical (unpaired) electrons. The van der Waals surface area contributed by atoms with Crippen molar-refractivity contribution in [2.45, 2.75) is 20.3 Å². The summed E-state index contributed by atoms with van der Waals surface area (Å²) in [5, 5.41) is 0. The van der Waals surface area contributed by atoms with Crippen LogP contribution in [0.15, 0.2) is 12.3 Å². The van der Waals surface area contributed by atoms with Gasteiger partial charge in [0.05, 0.1) is 7.11 Å². The van der Waals surface area contributed by atoms with Crippen molar-refractivity contribution in [1.82, 2.24) is 4.90 Å². The maximum Gasteiger partial charge on any atom is 0.354 e. The smallest absolute Gasteiger partial charge is 0.354 e. The van der Waals surface area contributed by atoms with Gasteiger partial charge in [0.1, 0.15) is 5.70 Å². The molecule has 1 amide bonds. The molecule has 1 unspecified atom stereocenters. The molecule has 0 saturated carbocycles. The fraction of sp³-hybridized carbons (Fsp3) is 0.636. The highest BCUT2D eigenvalue weighted by atomic mass is 16.5. The van der Waals surface area contributed by atoms with Crippen LogP contribution >= 0.6 is 0 Å². The van der Waals surface area contributed by atoms with Crippen molar-refractivity contribution in [2.24, 2.45) is 11.8 Å². The largest absolute Gasteiger partial charge is 0.464 e. The molecule has 0 spiro atoms. The number of carbonyl (C=O) groups is 2. The molecule has 0 aromatic rings. The van der Waals surface area contributed by atoms with Gasteiger partial charge in [-0.2, -0.15) is 0 Å². The Bertz CT molecular complexity index is 296. The van der Waals surface area contributed by atoms with Crippen LogP contribution in [0.1, 0.15) is 20.3 Å². The molecule has 0 aliphatic carbocycles. The van der Waals surface area contributed by atoms with Crippen LogP contribution in [-0.2, 0) is 14.3 Å². The minimum absolute atomic E-state index is 0.0379. The summed E-state index contributed by atoms with van der Waals surface area (Å²) in [5.41, 5.74) is 0.144. The molecule has 15 heavy (non-hydrogen) atoms. The third-order valence-corrected chi connectivity index (χ3v) is 2.84. The Hall–Kier alpha value is -1.32. The van der Waals surface area contributed by atoms with Gasteiger partial charge < -0.3 is 9.64 Å². The van der Waals surface area contributed by atoms with Gasteiger partial charge >= 0.3 is 5.97 Å². The summed E-state index contributed by atoms with van der Waals surface area (Å²) in [6.45, 7) is 8.30. The van der Waals surface area contributed by atoms with Gasteiger partial charge in [-0.3, -0.25) is 4.79 Å². The van der Waals surface area contributed by atoms with E-state index in [-0.39, 0.29) is 11.6 Å². The van der Waals surface area contributed by atoms with E-state index >= 15 is 0 Å². The second kappa shape index (κ2) is 4.47. The highest BCUT2D eigenvalue weighted by Crippen LogP contribution is 2.27. The molecule has 1 fully saturated rings. The maximum atomic E-state index is 11.6. The van der Waals surface area contributed by atoms with Crippen LogP contribution in [0.5, 0.6) is 0 Å². The lowest BCUT2D eigenvalue weighted by atomic mass is 9.95. The Morgan fingerprint density at radius 2 is 2.20 bits per heavy atom. The second-order valence-corrected chi connectivity index (χ2v) is 4.15. The zero-order valence-corrected chi connectivity index (χ0v) is 9.45. The van der Waals surface area contributed by atoms with Crippen molar-refractivity contribution in [2.75, 3.05) is 13.7 Å². The lowest BCUT2D eigenvalue weighted by Gasteiger charge is -2.18. The lowest BCUT2D eigenvalue weighted by Crippen LogP contribution is -2.29. The number of amides is 1. The average Bonchev–Trinajstić information content (AvgIpc) is 2.58. The average molecular weight is 211 g/mol. The van der Waals surface area contributed by atoms with Gasteiger partial charge in [0.25, 0.3) is 0 Å². The summed E-state index contributed by atoms with van der Waals surface area (Å²) >= 11 is 0. The normalized spacial score (nSPS) is 20.9. The molecule has 1 aliphatic rings. The van der Waals surface area contributed by atoms with E-state index in [4.69, 9.17) is 0 Å². The topological polar surface area (TPSA) is 46.6 Å². The number of methoxy groups -OCH3 is 1. The molecule has 1 aliphatic heterocycles. The van der Waals surface area contributed by atoms with Gasteiger partial charge in [-0.15, -0.1) is 0 Å². The fourth-order valence-corrected chi connectivity index (χ4v) is 1.67. The van der Waals surface area contributed by atoms with Crippen molar-refractivity contribution in [3.63, 3.8) is 0 Å². The van der Waals surface area contributed by atoms with Crippen LogP contribution in [0.4, 0.5) is 0 Å². The van der Waals surface area contributed by atoms with Gasteiger partial charge in [-0.1, -0.05) is 20.4 Å². The number of likely N-dealkylation sites (tertiary alicyclic amines) is 1. The molecule has 0 aromatic heterocycles. The summed E-state index contributed by atoms with van der Waals surface area (Å²) < 4.78 is 4.54. The lowest BCUT2D eigenvalue weighted by molar-refractivity contribution is -0.140. The molecule has 4 heteroatoms. The van der Waals surface area contributed by atoms with E-state index in [2.05, 4.69) is 25.2 Å². The first-order valence-corrected chi connectivity index (χ1v) is 5.05. The minimum atomic E-state index is -0.534. The number of esters is 1. The van der Waals surface area contributed by atoms with E-state index in [1.165, 1.54) is 12.0 Å². The van der Waals surface area contributed by atoms with E-state index in [9.17, 15) is 9.59 Å². The fourth-order valence-electron chi connectivity index (χ4n) is 1.67. The highest BCUT2D eigenvalue weighted by molar-refractivity contribution is 5.94. The molecule has 1 atom stereocenters. The van der Waals surface area contributed by atoms with Crippen LogP contribution in [0.2, 0.25) is 0 Å². The summed E-state index contributed by atoms with van der Waals surface area (Å²) in [7, 11) is 1.29. The Balaban J connectivity index is 2.69. The monoisotopic (exact) mass is 211 g/mol. The van der Waals surface area contributed by atoms with E-state index in [1.807, 2.05) is 0 Å². The Labute approximate surface area is 89.9 Å². The zero-order chi connectivity index (χ0) is 11.6. The quantitative estimate of drug-likeness (QED) is 0.520. The van der Waals surface area contributed by atoms with Crippen molar-refractivity contribution in [3.8, 4) is 0 Å². The van der Waals surface area contributed by atoms with Crippen molar-refractivity contribution >= 4 is 11.9 Å². The van der Waals surface area contributed by atoms with Gasteiger partial charge in [0.15, 0.2) is 0 Å². The highest BCUT2D eigenvalue weighted by Gasteiger charge is 2.34. The molecule has 0 N–H and O–H groups in total. The first-order valence-electron chi connectivity index (χ1n) is 5.05. The SMILES string of the molecule is C=C(C(=O)OC)N1CC(C(C)C)CC1=O. The molecular formula is C11H17NO3. The summed E-state index contributed by atoms with van der Waals surface area (Å²) in [6.07, 6.45) is 0.494. The predicted molar refractivity (Wildman–Crippen MR) is 55.8 cm³/mol. The standard InChI is InChI=1S/C11H17NO3/c1-7(2)9-5-10(13)12(6-9)8(3)11(14)15-4/h7,9H,3,5-6H2,1-2,4H3. The van der Waals surface area contributed by atoms with E-state index in [0.717, 1.165) is 0 Å².